The Bertz CT molecular complexity index is 403. The molecule has 0 saturated heterocycles. The van der Waals surface area contributed by atoms with Crippen LogP contribution in [-0.2, 0) is 16.1 Å². The van der Waals surface area contributed by atoms with Gasteiger partial charge >= 0.3 is 6.09 Å². The van der Waals surface area contributed by atoms with Gasteiger partial charge in [0.1, 0.15) is 6.54 Å². The number of ether oxygens (including phenoxy) is 1. The van der Waals surface area contributed by atoms with Crippen LogP contribution in [0.25, 0.3) is 0 Å². The van der Waals surface area contributed by atoms with E-state index in [0.717, 1.165) is 4.88 Å². The van der Waals surface area contributed by atoms with E-state index in [1.807, 2.05) is 19.1 Å². The lowest BCUT2D eigenvalue weighted by atomic mass is 10.4. The molecule has 0 aliphatic rings. The Morgan fingerprint density at radius 1 is 1.47 bits per heavy atom. The second-order valence-corrected chi connectivity index (χ2v) is 4.99. The summed E-state index contributed by atoms with van der Waals surface area (Å²) in [5.74, 6) is -0.205. The van der Waals surface area contributed by atoms with Crippen molar-refractivity contribution in [1.82, 2.24) is 10.2 Å². The van der Waals surface area contributed by atoms with Gasteiger partial charge in [0.2, 0.25) is 5.91 Å². The van der Waals surface area contributed by atoms with Gasteiger partial charge in [-0.05, 0) is 19.1 Å². The van der Waals surface area contributed by atoms with E-state index in [4.69, 9.17) is 0 Å². The molecule has 1 N–H and O–H groups in total. The van der Waals surface area contributed by atoms with E-state index in [1.165, 1.54) is 23.9 Å². The third-order valence-corrected chi connectivity index (χ3v) is 3.12. The van der Waals surface area contributed by atoms with Crippen LogP contribution >= 0.6 is 11.3 Å². The molecule has 1 rings (SSSR count). The maximum Gasteiger partial charge on any atom is 0.409 e. The number of likely N-dealkylation sites (N-methyl/N-ethyl adjacent to an activating group) is 1. The molecule has 0 radical (unpaired) electrons. The molecule has 0 aliphatic carbocycles. The lowest BCUT2D eigenvalue weighted by molar-refractivity contribution is -0.121. The molecule has 0 aromatic carbocycles. The Kier molecular flexibility index (Phi) is 4.96. The van der Waals surface area contributed by atoms with E-state index in [0.29, 0.717) is 6.54 Å². The molecule has 0 saturated carbocycles. The molecule has 0 spiro atoms. The Morgan fingerprint density at radius 2 is 2.18 bits per heavy atom. The number of carbonyl (C=O) groups is 2. The first-order valence-corrected chi connectivity index (χ1v) is 5.95. The summed E-state index contributed by atoms with van der Waals surface area (Å²) in [6.07, 6.45) is -0.521. The highest BCUT2D eigenvalue weighted by atomic mass is 32.1. The summed E-state index contributed by atoms with van der Waals surface area (Å²) < 4.78 is 4.49. The lowest BCUT2D eigenvalue weighted by Crippen LogP contribution is -2.37. The Hall–Kier alpha value is -1.56. The van der Waals surface area contributed by atoms with Crippen LogP contribution in [0, 0.1) is 6.92 Å². The fraction of sp³-hybridized carbons (Fsp3) is 0.455. The van der Waals surface area contributed by atoms with E-state index in [2.05, 4.69) is 10.1 Å². The second kappa shape index (κ2) is 6.24. The Morgan fingerprint density at radius 3 is 2.71 bits per heavy atom. The Labute approximate surface area is 104 Å². The summed E-state index contributed by atoms with van der Waals surface area (Å²) in [7, 11) is 2.80. The number of nitrogens with zero attached hydrogens (tertiary/aromatic N) is 1. The molecule has 5 nitrogen and oxygen atoms in total. The van der Waals surface area contributed by atoms with Gasteiger partial charge < -0.3 is 15.0 Å². The predicted octanol–water partition coefficient (Wildman–Crippen LogP) is 1.37. The molecule has 0 unspecified atom stereocenters. The Balaban J connectivity index is 2.33. The number of amides is 2. The van der Waals surface area contributed by atoms with Crippen molar-refractivity contribution in [1.29, 1.82) is 0 Å². The quantitative estimate of drug-likeness (QED) is 0.885. The first kappa shape index (κ1) is 13.5. The molecule has 0 atom stereocenters. The minimum atomic E-state index is -0.521. The number of methoxy groups -OCH3 is 1. The zero-order valence-electron chi connectivity index (χ0n) is 10.1. The highest BCUT2D eigenvalue weighted by Crippen LogP contribution is 2.14. The van der Waals surface area contributed by atoms with E-state index < -0.39 is 6.09 Å². The maximum atomic E-state index is 11.5. The van der Waals surface area contributed by atoms with E-state index in [-0.39, 0.29) is 12.5 Å². The average Bonchev–Trinajstić information content (AvgIpc) is 2.71. The lowest BCUT2D eigenvalue weighted by Gasteiger charge is -2.14. The van der Waals surface area contributed by atoms with Gasteiger partial charge in [0.15, 0.2) is 0 Å². The SMILES string of the molecule is COC(=O)N(C)CC(=O)NCc1ccc(C)s1. The largest absolute Gasteiger partial charge is 0.453 e. The standard InChI is InChI=1S/C11H16N2O3S/c1-8-4-5-9(17-8)6-12-10(14)7-13(2)11(15)16-3/h4-5H,6-7H2,1-3H3,(H,12,14). The maximum absolute atomic E-state index is 11.5. The molecule has 94 valence electrons. The third kappa shape index (κ3) is 4.44. The fourth-order valence-electron chi connectivity index (χ4n) is 1.26. The molecule has 17 heavy (non-hydrogen) atoms. The van der Waals surface area contributed by atoms with Crippen LogP contribution < -0.4 is 5.32 Å². The van der Waals surface area contributed by atoms with Crippen LogP contribution in [0.15, 0.2) is 12.1 Å². The first-order valence-electron chi connectivity index (χ1n) is 5.14. The van der Waals surface area contributed by atoms with Gasteiger partial charge in [0.25, 0.3) is 0 Å². The molecule has 6 heteroatoms. The monoisotopic (exact) mass is 256 g/mol. The molecule has 0 bridgehead atoms. The zero-order chi connectivity index (χ0) is 12.8. The van der Waals surface area contributed by atoms with Crippen LogP contribution in [-0.4, -0.2) is 37.6 Å². The zero-order valence-corrected chi connectivity index (χ0v) is 11.0. The molecule has 1 aromatic heterocycles. The summed E-state index contributed by atoms with van der Waals surface area (Å²) in [6, 6.07) is 3.98. The highest BCUT2D eigenvalue weighted by molar-refractivity contribution is 7.11. The molecule has 1 heterocycles. The smallest absolute Gasteiger partial charge is 0.409 e. The van der Waals surface area contributed by atoms with Crippen LogP contribution in [0.4, 0.5) is 4.79 Å². The molecular formula is C11H16N2O3S. The normalized spacial score (nSPS) is 9.82. The van der Waals surface area contributed by atoms with Gasteiger partial charge in [-0.15, -0.1) is 11.3 Å². The summed E-state index contributed by atoms with van der Waals surface area (Å²) in [5, 5.41) is 2.74. The number of thiophene rings is 1. The van der Waals surface area contributed by atoms with Gasteiger partial charge in [-0.2, -0.15) is 0 Å². The van der Waals surface area contributed by atoms with Crippen molar-refractivity contribution in [2.75, 3.05) is 20.7 Å². The van der Waals surface area contributed by atoms with Crippen LogP contribution in [0.1, 0.15) is 9.75 Å². The van der Waals surface area contributed by atoms with Gasteiger partial charge in [-0.3, -0.25) is 4.79 Å². The van der Waals surface area contributed by atoms with Gasteiger partial charge in [0.05, 0.1) is 13.7 Å². The number of carbonyl (C=O) groups excluding carboxylic acids is 2. The van der Waals surface area contributed by atoms with Crippen molar-refractivity contribution in [2.45, 2.75) is 13.5 Å². The minimum absolute atomic E-state index is 0.00295. The minimum Gasteiger partial charge on any atom is -0.453 e. The first-order chi connectivity index (χ1) is 8.02. The highest BCUT2D eigenvalue weighted by Gasteiger charge is 2.12. The van der Waals surface area contributed by atoms with Crippen molar-refractivity contribution in [3.05, 3.63) is 21.9 Å². The van der Waals surface area contributed by atoms with Crippen LogP contribution in [0.2, 0.25) is 0 Å². The molecule has 0 fully saturated rings. The summed E-state index contributed by atoms with van der Waals surface area (Å²) in [4.78, 5) is 26.1. The summed E-state index contributed by atoms with van der Waals surface area (Å²) >= 11 is 1.64. The molecule has 1 aromatic rings. The fourth-order valence-corrected chi connectivity index (χ4v) is 2.09. The van der Waals surface area contributed by atoms with Crippen molar-refractivity contribution in [3.63, 3.8) is 0 Å². The molecule has 0 aliphatic heterocycles. The van der Waals surface area contributed by atoms with Crippen molar-refractivity contribution in [3.8, 4) is 0 Å². The number of rotatable bonds is 4. The van der Waals surface area contributed by atoms with E-state index in [9.17, 15) is 9.59 Å². The van der Waals surface area contributed by atoms with Crippen LogP contribution in [0.5, 0.6) is 0 Å². The predicted molar refractivity (Wildman–Crippen MR) is 65.9 cm³/mol. The number of hydrogen-bond donors (Lipinski definition) is 1. The number of aryl methyl sites for hydroxylation is 1. The van der Waals surface area contributed by atoms with E-state index in [1.54, 1.807) is 11.3 Å². The van der Waals surface area contributed by atoms with Crippen LogP contribution in [0.3, 0.4) is 0 Å². The topological polar surface area (TPSA) is 58.6 Å². The van der Waals surface area contributed by atoms with Gasteiger partial charge in [0, 0.05) is 16.8 Å². The van der Waals surface area contributed by atoms with Crippen molar-refractivity contribution >= 4 is 23.3 Å². The third-order valence-electron chi connectivity index (χ3n) is 2.12. The van der Waals surface area contributed by atoms with Crippen molar-refractivity contribution in [2.24, 2.45) is 0 Å². The summed E-state index contributed by atoms with van der Waals surface area (Å²) in [5.41, 5.74) is 0. The average molecular weight is 256 g/mol. The van der Waals surface area contributed by atoms with Gasteiger partial charge in [-0.25, -0.2) is 4.79 Å². The second-order valence-electron chi connectivity index (χ2n) is 3.62. The molecular weight excluding hydrogens is 240 g/mol. The van der Waals surface area contributed by atoms with Gasteiger partial charge in [-0.1, -0.05) is 0 Å². The number of nitrogens with one attached hydrogen (secondary N) is 1. The molecule has 2 amide bonds. The van der Waals surface area contributed by atoms with E-state index >= 15 is 0 Å². The number of hydrogen-bond acceptors (Lipinski definition) is 4. The summed E-state index contributed by atoms with van der Waals surface area (Å²) in [6.45, 7) is 2.50. The van der Waals surface area contributed by atoms with Crippen molar-refractivity contribution < 1.29 is 14.3 Å².